The Morgan fingerprint density at radius 1 is 1.21 bits per heavy atom. The molecule has 2 heterocycles. The topological polar surface area (TPSA) is 80.0 Å². The van der Waals surface area contributed by atoms with Crippen LogP contribution >= 0.6 is 0 Å². The summed E-state index contributed by atoms with van der Waals surface area (Å²) in [5.41, 5.74) is 0.515. The van der Waals surface area contributed by atoms with Gasteiger partial charge in [-0.25, -0.2) is 4.79 Å². The molecule has 2 amide bonds. The molecule has 0 saturated heterocycles. The van der Waals surface area contributed by atoms with Gasteiger partial charge < -0.3 is 9.84 Å². The summed E-state index contributed by atoms with van der Waals surface area (Å²) >= 11 is 0. The van der Waals surface area contributed by atoms with E-state index in [0.717, 1.165) is 0 Å². The quantitative estimate of drug-likeness (QED) is 0.869. The Morgan fingerprint density at radius 3 is 2.47 bits per heavy atom. The van der Waals surface area contributed by atoms with Crippen LogP contribution < -0.4 is 10.6 Å². The molecule has 6 nitrogen and oxygen atoms in total. The maximum Gasteiger partial charge on any atom is 0.324 e. The lowest BCUT2D eigenvalue weighted by atomic mass is 9.93. The molecule has 0 aliphatic carbocycles. The number of amides is 2. The summed E-state index contributed by atoms with van der Waals surface area (Å²) in [5, 5.41) is 9.08. The van der Waals surface area contributed by atoms with Gasteiger partial charge in [0, 0.05) is 29.6 Å². The van der Waals surface area contributed by atoms with Gasteiger partial charge in [0.2, 0.25) is 0 Å². The molecule has 0 atom stereocenters. The number of nitrogens with one attached hydrogen (secondary N) is 2. The molecule has 0 radical (unpaired) electrons. The van der Waals surface area contributed by atoms with Crippen LogP contribution in [-0.4, -0.2) is 16.2 Å². The van der Waals surface area contributed by atoms with Crippen molar-refractivity contribution in [2.75, 3.05) is 10.6 Å². The number of aromatic nitrogens is 2. The molecule has 0 spiro atoms. The van der Waals surface area contributed by atoms with E-state index in [4.69, 9.17) is 4.52 Å². The second-order valence-corrected chi connectivity index (χ2v) is 5.14. The second kappa shape index (κ2) is 5.09. The maximum atomic E-state index is 11.7. The van der Waals surface area contributed by atoms with E-state index in [0.29, 0.717) is 17.3 Å². The van der Waals surface area contributed by atoms with Crippen molar-refractivity contribution in [1.82, 2.24) is 10.1 Å². The number of pyridine rings is 1. The Kier molecular flexibility index (Phi) is 3.50. The van der Waals surface area contributed by atoms with E-state index < -0.39 is 0 Å². The van der Waals surface area contributed by atoms with Crippen molar-refractivity contribution < 1.29 is 9.32 Å². The summed E-state index contributed by atoms with van der Waals surface area (Å²) in [6, 6.07) is 4.73. The van der Waals surface area contributed by atoms with Crippen LogP contribution in [0.25, 0.3) is 0 Å². The molecule has 0 fully saturated rings. The highest BCUT2D eigenvalue weighted by molar-refractivity contribution is 5.99. The van der Waals surface area contributed by atoms with Crippen LogP contribution in [0.2, 0.25) is 0 Å². The number of carbonyl (C=O) groups is 1. The first kappa shape index (κ1) is 13.1. The molecule has 0 aromatic carbocycles. The zero-order chi connectivity index (χ0) is 13.9. The van der Waals surface area contributed by atoms with E-state index in [2.05, 4.69) is 20.8 Å². The van der Waals surface area contributed by atoms with Crippen molar-refractivity contribution in [1.29, 1.82) is 0 Å². The van der Waals surface area contributed by atoms with E-state index in [1.54, 1.807) is 30.6 Å². The van der Waals surface area contributed by atoms with Crippen LogP contribution in [0.1, 0.15) is 26.5 Å². The van der Waals surface area contributed by atoms with Gasteiger partial charge in [-0.1, -0.05) is 25.9 Å². The lowest BCUT2D eigenvalue weighted by molar-refractivity contribution is 0.262. The number of hydrogen-bond donors (Lipinski definition) is 2. The third-order valence-corrected chi connectivity index (χ3v) is 2.43. The average Bonchev–Trinajstić information content (AvgIpc) is 2.78. The third-order valence-electron chi connectivity index (χ3n) is 2.43. The molecule has 0 aliphatic heterocycles. The van der Waals surface area contributed by atoms with Gasteiger partial charge in [0.15, 0.2) is 5.82 Å². The van der Waals surface area contributed by atoms with Crippen molar-refractivity contribution in [3.8, 4) is 0 Å². The van der Waals surface area contributed by atoms with Gasteiger partial charge in [-0.15, -0.1) is 0 Å². The Morgan fingerprint density at radius 2 is 1.89 bits per heavy atom. The molecular formula is C13H16N4O2. The molecule has 0 unspecified atom stereocenters. The zero-order valence-corrected chi connectivity index (χ0v) is 11.1. The molecule has 100 valence electrons. The van der Waals surface area contributed by atoms with E-state index in [1.807, 2.05) is 20.8 Å². The zero-order valence-electron chi connectivity index (χ0n) is 11.1. The normalized spacial score (nSPS) is 11.1. The van der Waals surface area contributed by atoms with E-state index in [9.17, 15) is 4.79 Å². The number of hydrogen-bond acceptors (Lipinski definition) is 4. The Labute approximate surface area is 111 Å². The molecule has 2 aromatic heterocycles. The van der Waals surface area contributed by atoms with Gasteiger partial charge in [0.05, 0.1) is 0 Å². The number of nitrogens with zero attached hydrogens (tertiary/aromatic N) is 2. The number of rotatable bonds is 2. The van der Waals surface area contributed by atoms with Crippen LogP contribution in [0.3, 0.4) is 0 Å². The molecule has 0 bridgehead atoms. The van der Waals surface area contributed by atoms with Gasteiger partial charge in [0.1, 0.15) is 5.76 Å². The van der Waals surface area contributed by atoms with Gasteiger partial charge in [-0.05, 0) is 12.1 Å². The fourth-order valence-corrected chi connectivity index (χ4v) is 1.40. The summed E-state index contributed by atoms with van der Waals surface area (Å²) in [6.45, 7) is 6.02. The van der Waals surface area contributed by atoms with E-state index >= 15 is 0 Å². The van der Waals surface area contributed by atoms with Crippen molar-refractivity contribution in [2.45, 2.75) is 26.2 Å². The first-order valence-corrected chi connectivity index (χ1v) is 5.90. The van der Waals surface area contributed by atoms with Crippen molar-refractivity contribution >= 4 is 17.5 Å². The fourth-order valence-electron chi connectivity index (χ4n) is 1.40. The highest BCUT2D eigenvalue weighted by Gasteiger charge is 2.20. The predicted molar refractivity (Wildman–Crippen MR) is 72.1 cm³/mol. The van der Waals surface area contributed by atoms with Crippen LogP contribution in [-0.2, 0) is 5.41 Å². The molecule has 2 rings (SSSR count). The van der Waals surface area contributed by atoms with E-state index in [1.165, 1.54) is 0 Å². The monoisotopic (exact) mass is 260 g/mol. The minimum Gasteiger partial charge on any atom is -0.359 e. The SMILES string of the molecule is CC(C)(C)c1cc(NC(=O)Nc2ccncc2)no1. The minimum atomic E-state index is -0.375. The second-order valence-electron chi connectivity index (χ2n) is 5.14. The van der Waals surface area contributed by atoms with Gasteiger partial charge in [-0.2, -0.15) is 0 Å². The van der Waals surface area contributed by atoms with Crippen LogP contribution in [0.4, 0.5) is 16.3 Å². The number of anilines is 2. The Hall–Kier alpha value is -2.37. The van der Waals surface area contributed by atoms with Gasteiger partial charge in [-0.3, -0.25) is 10.3 Å². The van der Waals surface area contributed by atoms with Crippen molar-refractivity contribution in [3.63, 3.8) is 0 Å². The molecule has 0 saturated carbocycles. The van der Waals surface area contributed by atoms with E-state index in [-0.39, 0.29) is 11.4 Å². The van der Waals surface area contributed by atoms with Crippen LogP contribution in [0.15, 0.2) is 35.1 Å². The standard InChI is InChI=1S/C13H16N4O2/c1-13(2,3)10-8-11(17-19-10)16-12(18)15-9-4-6-14-7-5-9/h4-8H,1-3H3,(H2,14,15,16,17,18). The predicted octanol–water partition coefficient (Wildman–Crippen LogP) is 3.01. The molecule has 6 heteroatoms. The number of urea groups is 1. The molecule has 2 aromatic rings. The summed E-state index contributed by atoms with van der Waals surface area (Å²) in [7, 11) is 0. The maximum absolute atomic E-state index is 11.7. The Bertz CT molecular complexity index is 558. The first-order valence-electron chi connectivity index (χ1n) is 5.90. The smallest absolute Gasteiger partial charge is 0.324 e. The lowest BCUT2D eigenvalue weighted by Gasteiger charge is -2.12. The minimum absolute atomic E-state index is 0.144. The summed E-state index contributed by atoms with van der Waals surface area (Å²) in [4.78, 5) is 15.6. The summed E-state index contributed by atoms with van der Waals surface area (Å²) in [6.07, 6.45) is 3.20. The molecule has 2 N–H and O–H groups in total. The van der Waals surface area contributed by atoms with Crippen molar-refractivity contribution in [3.05, 3.63) is 36.4 Å². The largest absolute Gasteiger partial charge is 0.359 e. The third kappa shape index (κ3) is 3.54. The highest BCUT2D eigenvalue weighted by atomic mass is 16.5. The van der Waals surface area contributed by atoms with Gasteiger partial charge >= 0.3 is 6.03 Å². The van der Waals surface area contributed by atoms with Crippen LogP contribution in [0, 0.1) is 0 Å². The fraction of sp³-hybridized carbons (Fsp3) is 0.308. The average molecular weight is 260 g/mol. The molecule has 19 heavy (non-hydrogen) atoms. The van der Waals surface area contributed by atoms with Crippen LogP contribution in [0.5, 0.6) is 0 Å². The highest BCUT2D eigenvalue weighted by Crippen LogP contribution is 2.24. The lowest BCUT2D eigenvalue weighted by Crippen LogP contribution is -2.19. The summed E-state index contributed by atoms with van der Waals surface area (Å²) in [5.74, 6) is 1.10. The number of carbonyl (C=O) groups excluding carboxylic acids is 1. The molecule has 0 aliphatic rings. The van der Waals surface area contributed by atoms with Crippen molar-refractivity contribution in [2.24, 2.45) is 0 Å². The summed E-state index contributed by atoms with van der Waals surface area (Å²) < 4.78 is 5.18. The van der Waals surface area contributed by atoms with Gasteiger partial charge in [0.25, 0.3) is 0 Å². The molecular weight excluding hydrogens is 244 g/mol. The Balaban J connectivity index is 1.98. The first-order chi connectivity index (χ1) is 8.95.